The summed E-state index contributed by atoms with van der Waals surface area (Å²) in [6, 6.07) is 9.65. The molecule has 0 radical (unpaired) electrons. The first kappa shape index (κ1) is 15.1. The molecule has 104 valence electrons. The summed E-state index contributed by atoms with van der Waals surface area (Å²) in [5.41, 5.74) is 0. The van der Waals surface area contributed by atoms with Gasteiger partial charge in [-0.15, -0.1) is 22.7 Å². The monoisotopic (exact) mass is 311 g/mol. The third-order valence-electron chi connectivity index (χ3n) is 3.01. The van der Waals surface area contributed by atoms with Crippen molar-refractivity contribution in [3.05, 3.63) is 44.8 Å². The van der Waals surface area contributed by atoms with Crippen LogP contribution in [0.4, 0.5) is 0 Å². The Bertz CT molecular complexity index is 402. The fourth-order valence-electron chi connectivity index (χ4n) is 1.99. The number of rotatable bonds is 8. The van der Waals surface area contributed by atoms with Crippen LogP contribution in [-0.2, 0) is 0 Å². The highest BCUT2D eigenvalue weighted by molar-refractivity contribution is 7.99. The Morgan fingerprint density at radius 1 is 1.16 bits per heavy atom. The second kappa shape index (κ2) is 8.10. The molecule has 0 aromatic carbocycles. The fourth-order valence-corrected chi connectivity index (χ4v) is 4.48. The molecule has 1 unspecified atom stereocenters. The molecule has 2 rings (SSSR count). The zero-order valence-corrected chi connectivity index (χ0v) is 13.9. The molecule has 4 heteroatoms. The Kier molecular flexibility index (Phi) is 6.44. The maximum absolute atomic E-state index is 3.79. The van der Waals surface area contributed by atoms with E-state index in [1.807, 2.05) is 34.4 Å². The molecule has 0 amide bonds. The molecule has 2 aromatic rings. The van der Waals surface area contributed by atoms with Crippen molar-refractivity contribution in [3.63, 3.8) is 0 Å². The lowest BCUT2D eigenvalue weighted by Crippen LogP contribution is -2.30. The maximum Gasteiger partial charge on any atom is 0.0766 e. The summed E-state index contributed by atoms with van der Waals surface area (Å²) in [6.07, 6.45) is 1.23. The SMILES string of the molecule is CCSCCC(C)NC(c1cccs1)c1cccs1. The number of thiophene rings is 2. The largest absolute Gasteiger partial charge is 0.302 e. The van der Waals surface area contributed by atoms with Gasteiger partial charge in [-0.1, -0.05) is 19.1 Å². The molecular weight excluding hydrogens is 290 g/mol. The number of hydrogen-bond acceptors (Lipinski definition) is 4. The molecule has 0 aliphatic rings. The minimum atomic E-state index is 0.363. The first-order valence-electron chi connectivity index (χ1n) is 6.72. The standard InChI is InChI=1S/C15H21NS3/c1-3-17-11-8-12(2)16-15(13-6-4-9-18-13)14-7-5-10-19-14/h4-7,9-10,12,15-16H,3,8,11H2,1-2H3. The summed E-state index contributed by atoms with van der Waals surface area (Å²) in [5, 5.41) is 8.11. The van der Waals surface area contributed by atoms with E-state index in [1.165, 1.54) is 27.7 Å². The second-order valence-corrected chi connectivity index (χ2v) is 7.87. The van der Waals surface area contributed by atoms with Crippen molar-refractivity contribution in [1.82, 2.24) is 5.32 Å². The molecule has 1 nitrogen and oxygen atoms in total. The van der Waals surface area contributed by atoms with Gasteiger partial charge in [0, 0.05) is 15.8 Å². The van der Waals surface area contributed by atoms with Gasteiger partial charge in [0.05, 0.1) is 6.04 Å². The summed E-state index contributed by atoms with van der Waals surface area (Å²) in [6.45, 7) is 4.52. The van der Waals surface area contributed by atoms with E-state index < -0.39 is 0 Å². The minimum absolute atomic E-state index is 0.363. The fraction of sp³-hybridized carbons (Fsp3) is 0.467. The van der Waals surface area contributed by atoms with Gasteiger partial charge in [0.15, 0.2) is 0 Å². The van der Waals surface area contributed by atoms with Crippen molar-refractivity contribution < 1.29 is 0 Å². The van der Waals surface area contributed by atoms with Gasteiger partial charge in [0.25, 0.3) is 0 Å². The van der Waals surface area contributed by atoms with E-state index in [1.54, 1.807) is 0 Å². The highest BCUT2D eigenvalue weighted by Gasteiger charge is 2.18. The number of nitrogens with one attached hydrogen (secondary N) is 1. The lowest BCUT2D eigenvalue weighted by atomic mass is 10.1. The van der Waals surface area contributed by atoms with Crippen LogP contribution in [0.15, 0.2) is 35.0 Å². The van der Waals surface area contributed by atoms with Crippen molar-refractivity contribution in [2.45, 2.75) is 32.4 Å². The molecule has 0 aliphatic heterocycles. The van der Waals surface area contributed by atoms with Gasteiger partial charge in [-0.3, -0.25) is 0 Å². The van der Waals surface area contributed by atoms with Crippen LogP contribution in [-0.4, -0.2) is 17.5 Å². The van der Waals surface area contributed by atoms with E-state index in [4.69, 9.17) is 0 Å². The quantitative estimate of drug-likeness (QED) is 0.687. The molecule has 19 heavy (non-hydrogen) atoms. The summed E-state index contributed by atoms with van der Waals surface area (Å²) in [5.74, 6) is 2.46. The van der Waals surface area contributed by atoms with Gasteiger partial charge >= 0.3 is 0 Å². The molecule has 0 saturated carbocycles. The Balaban J connectivity index is 1.99. The van der Waals surface area contributed by atoms with Crippen molar-refractivity contribution >= 4 is 34.4 Å². The van der Waals surface area contributed by atoms with Crippen LogP contribution in [0.25, 0.3) is 0 Å². The lowest BCUT2D eigenvalue weighted by Gasteiger charge is -2.21. The average Bonchev–Trinajstić information content (AvgIpc) is 3.09. The Morgan fingerprint density at radius 3 is 2.26 bits per heavy atom. The van der Waals surface area contributed by atoms with Gasteiger partial charge < -0.3 is 5.32 Å². The van der Waals surface area contributed by atoms with Crippen LogP contribution < -0.4 is 5.32 Å². The molecule has 0 saturated heterocycles. The molecule has 0 spiro atoms. The van der Waals surface area contributed by atoms with E-state index in [9.17, 15) is 0 Å². The number of thioether (sulfide) groups is 1. The predicted molar refractivity (Wildman–Crippen MR) is 90.7 cm³/mol. The summed E-state index contributed by atoms with van der Waals surface area (Å²) in [4.78, 5) is 2.83. The van der Waals surface area contributed by atoms with E-state index in [-0.39, 0.29) is 0 Å². The Hall–Kier alpha value is -0.290. The van der Waals surface area contributed by atoms with E-state index >= 15 is 0 Å². The van der Waals surface area contributed by atoms with Gasteiger partial charge in [-0.25, -0.2) is 0 Å². The smallest absolute Gasteiger partial charge is 0.0766 e. The van der Waals surface area contributed by atoms with Crippen molar-refractivity contribution in [3.8, 4) is 0 Å². The summed E-state index contributed by atoms with van der Waals surface area (Å²) in [7, 11) is 0. The van der Waals surface area contributed by atoms with Crippen molar-refractivity contribution in [2.24, 2.45) is 0 Å². The molecule has 2 heterocycles. The van der Waals surface area contributed by atoms with Crippen LogP contribution >= 0.6 is 34.4 Å². The van der Waals surface area contributed by atoms with Gasteiger partial charge in [0.2, 0.25) is 0 Å². The molecule has 1 atom stereocenters. The van der Waals surface area contributed by atoms with Crippen molar-refractivity contribution in [2.75, 3.05) is 11.5 Å². The topological polar surface area (TPSA) is 12.0 Å². The van der Waals surface area contributed by atoms with E-state index in [2.05, 4.69) is 54.2 Å². The minimum Gasteiger partial charge on any atom is -0.302 e. The van der Waals surface area contributed by atoms with Crippen molar-refractivity contribution in [1.29, 1.82) is 0 Å². The zero-order valence-electron chi connectivity index (χ0n) is 11.5. The maximum atomic E-state index is 3.79. The first-order chi connectivity index (χ1) is 9.31. The first-order valence-corrected chi connectivity index (χ1v) is 9.63. The molecule has 0 fully saturated rings. The third kappa shape index (κ3) is 4.63. The normalized spacial score (nSPS) is 13.0. The Labute approximate surface area is 128 Å². The third-order valence-corrected chi connectivity index (χ3v) is 5.81. The average molecular weight is 312 g/mol. The molecular formula is C15H21NS3. The van der Waals surface area contributed by atoms with Crippen LogP contribution in [0.1, 0.15) is 36.1 Å². The van der Waals surface area contributed by atoms with E-state index in [0.29, 0.717) is 12.1 Å². The Morgan fingerprint density at radius 2 is 1.79 bits per heavy atom. The van der Waals surface area contributed by atoms with Crippen LogP contribution in [0.3, 0.4) is 0 Å². The number of hydrogen-bond donors (Lipinski definition) is 1. The van der Waals surface area contributed by atoms with Crippen LogP contribution in [0.5, 0.6) is 0 Å². The molecule has 0 bridgehead atoms. The van der Waals surface area contributed by atoms with Gasteiger partial charge in [0.1, 0.15) is 0 Å². The zero-order chi connectivity index (χ0) is 13.5. The lowest BCUT2D eigenvalue weighted by molar-refractivity contribution is 0.498. The second-order valence-electron chi connectivity index (χ2n) is 4.52. The summed E-state index contributed by atoms with van der Waals surface area (Å²) >= 11 is 5.70. The molecule has 1 N–H and O–H groups in total. The molecule has 0 aliphatic carbocycles. The highest BCUT2D eigenvalue weighted by Crippen LogP contribution is 2.29. The van der Waals surface area contributed by atoms with Crippen LogP contribution in [0.2, 0.25) is 0 Å². The highest BCUT2D eigenvalue weighted by atomic mass is 32.2. The predicted octanol–water partition coefficient (Wildman–Crippen LogP) is 5.02. The van der Waals surface area contributed by atoms with Gasteiger partial charge in [-0.2, -0.15) is 11.8 Å². The van der Waals surface area contributed by atoms with Crippen LogP contribution in [0, 0.1) is 0 Å². The molecule has 2 aromatic heterocycles. The van der Waals surface area contributed by atoms with Gasteiger partial charge in [-0.05, 0) is 47.7 Å². The van der Waals surface area contributed by atoms with E-state index in [0.717, 1.165) is 0 Å². The summed E-state index contributed by atoms with van der Waals surface area (Å²) < 4.78 is 0.